The first-order valence-electron chi connectivity index (χ1n) is 8.46. The van der Waals surface area contributed by atoms with Crippen LogP contribution in [-0.4, -0.2) is 39.5 Å². The number of halogens is 1. The van der Waals surface area contributed by atoms with Crippen molar-refractivity contribution in [1.82, 2.24) is 19.5 Å². The summed E-state index contributed by atoms with van der Waals surface area (Å²) in [5.74, 6) is 0.502. The Kier molecular flexibility index (Phi) is 5.16. The van der Waals surface area contributed by atoms with Crippen LogP contribution in [0.1, 0.15) is 18.5 Å². The minimum absolute atomic E-state index is 0.270. The zero-order valence-corrected chi connectivity index (χ0v) is 15.6. The molecule has 140 valence electrons. The van der Waals surface area contributed by atoms with Gasteiger partial charge in [-0.3, -0.25) is 4.79 Å². The largest absolute Gasteiger partial charge is 0.347 e. The van der Waals surface area contributed by atoms with E-state index in [0.29, 0.717) is 23.0 Å². The van der Waals surface area contributed by atoms with Crippen molar-refractivity contribution in [3.8, 4) is 11.4 Å². The molecule has 1 amide bonds. The highest BCUT2D eigenvalue weighted by atomic mass is 19.1. The summed E-state index contributed by atoms with van der Waals surface area (Å²) in [5, 5.41) is 2.78. The molecule has 1 atom stereocenters. The maximum Gasteiger partial charge on any atom is 0.247 e. The van der Waals surface area contributed by atoms with Crippen LogP contribution < -0.4 is 10.2 Å². The molecule has 1 N–H and O–H groups in total. The van der Waals surface area contributed by atoms with E-state index in [9.17, 15) is 9.18 Å². The number of carbonyl (C=O) groups is 1. The molecule has 2 heterocycles. The van der Waals surface area contributed by atoms with Crippen molar-refractivity contribution in [1.29, 1.82) is 0 Å². The fraction of sp³-hybridized carbons (Fsp3) is 0.263. The third-order valence-corrected chi connectivity index (χ3v) is 4.22. The van der Waals surface area contributed by atoms with E-state index in [-0.39, 0.29) is 5.91 Å². The van der Waals surface area contributed by atoms with Crippen LogP contribution in [0.2, 0.25) is 0 Å². The summed E-state index contributed by atoms with van der Waals surface area (Å²) < 4.78 is 15.2. The molecule has 0 saturated carbocycles. The predicted molar refractivity (Wildman–Crippen MR) is 102 cm³/mol. The van der Waals surface area contributed by atoms with Crippen LogP contribution in [0.4, 0.5) is 16.0 Å². The van der Waals surface area contributed by atoms with E-state index < -0.39 is 11.9 Å². The molecule has 0 aliphatic rings. The van der Waals surface area contributed by atoms with Crippen molar-refractivity contribution in [2.45, 2.75) is 19.9 Å². The third kappa shape index (κ3) is 3.94. The Morgan fingerprint density at radius 2 is 1.93 bits per heavy atom. The Labute approximate surface area is 156 Å². The summed E-state index contributed by atoms with van der Waals surface area (Å²) >= 11 is 0. The number of hydrogen-bond acceptors (Lipinski definition) is 5. The quantitative estimate of drug-likeness (QED) is 0.749. The molecular weight excluding hydrogens is 347 g/mol. The molecule has 27 heavy (non-hydrogen) atoms. The van der Waals surface area contributed by atoms with Gasteiger partial charge in [-0.2, -0.15) is 0 Å². The van der Waals surface area contributed by atoms with Crippen LogP contribution in [0.15, 0.2) is 43.0 Å². The minimum Gasteiger partial charge on any atom is -0.347 e. The van der Waals surface area contributed by atoms with Crippen molar-refractivity contribution in [2.75, 3.05) is 24.3 Å². The van der Waals surface area contributed by atoms with Gasteiger partial charge in [0.25, 0.3) is 0 Å². The molecule has 1 aromatic carbocycles. The molecule has 3 aromatic rings. The second kappa shape index (κ2) is 7.53. The van der Waals surface area contributed by atoms with Gasteiger partial charge in [0, 0.05) is 44.6 Å². The topological polar surface area (TPSA) is 75.9 Å². The summed E-state index contributed by atoms with van der Waals surface area (Å²) in [6.45, 7) is 3.57. The smallest absolute Gasteiger partial charge is 0.247 e. The maximum atomic E-state index is 13.5. The zero-order valence-electron chi connectivity index (χ0n) is 15.6. The van der Waals surface area contributed by atoms with Gasteiger partial charge in [-0.1, -0.05) is 6.07 Å². The molecule has 0 spiro atoms. The molecule has 0 aliphatic heterocycles. The molecule has 2 aromatic heterocycles. The second-order valence-corrected chi connectivity index (χ2v) is 6.45. The highest BCUT2D eigenvalue weighted by Gasteiger charge is 2.20. The standard InChI is InChI=1S/C19H21FN6O/c1-12-5-6-15(20)9-16(12)24-18(27)13(2)26-8-7-21-17(26)14-10-22-19(23-11-14)25(3)4/h5-11,13H,1-4H3,(H,24,27)/t13-/m0/s1. The lowest BCUT2D eigenvalue weighted by Gasteiger charge is -2.17. The summed E-state index contributed by atoms with van der Waals surface area (Å²) in [7, 11) is 3.72. The summed E-state index contributed by atoms with van der Waals surface area (Å²) in [4.78, 5) is 27.4. The molecular formula is C19H21FN6O. The fourth-order valence-corrected chi connectivity index (χ4v) is 2.61. The van der Waals surface area contributed by atoms with E-state index in [1.54, 1.807) is 47.2 Å². The lowest BCUT2D eigenvalue weighted by Crippen LogP contribution is -2.24. The summed E-state index contributed by atoms with van der Waals surface area (Å²) in [5.41, 5.74) is 1.94. The normalized spacial score (nSPS) is 11.9. The van der Waals surface area contributed by atoms with Gasteiger partial charge in [-0.15, -0.1) is 0 Å². The Bertz CT molecular complexity index is 951. The number of amides is 1. The lowest BCUT2D eigenvalue weighted by molar-refractivity contribution is -0.118. The molecule has 3 rings (SSSR count). The number of carbonyl (C=O) groups excluding carboxylic acids is 1. The monoisotopic (exact) mass is 368 g/mol. The van der Waals surface area contributed by atoms with Crippen LogP contribution >= 0.6 is 0 Å². The van der Waals surface area contributed by atoms with Crippen molar-refractivity contribution in [3.63, 3.8) is 0 Å². The van der Waals surface area contributed by atoms with Gasteiger partial charge in [0.1, 0.15) is 17.7 Å². The predicted octanol–water partition coefficient (Wildman–Crippen LogP) is 3.05. The molecule has 0 saturated heterocycles. The van der Waals surface area contributed by atoms with E-state index in [1.807, 2.05) is 21.0 Å². The van der Waals surface area contributed by atoms with Gasteiger partial charge >= 0.3 is 0 Å². The fourth-order valence-electron chi connectivity index (χ4n) is 2.61. The van der Waals surface area contributed by atoms with Crippen LogP contribution in [0, 0.1) is 12.7 Å². The minimum atomic E-state index is -0.557. The van der Waals surface area contributed by atoms with Gasteiger partial charge in [-0.25, -0.2) is 19.3 Å². The first-order chi connectivity index (χ1) is 12.9. The van der Waals surface area contributed by atoms with E-state index in [1.165, 1.54) is 12.1 Å². The maximum absolute atomic E-state index is 13.5. The van der Waals surface area contributed by atoms with Gasteiger partial charge in [-0.05, 0) is 31.5 Å². The third-order valence-electron chi connectivity index (χ3n) is 4.22. The van der Waals surface area contributed by atoms with E-state index in [2.05, 4.69) is 20.3 Å². The van der Waals surface area contributed by atoms with Crippen molar-refractivity contribution < 1.29 is 9.18 Å². The number of rotatable bonds is 5. The van der Waals surface area contributed by atoms with Crippen molar-refractivity contribution in [2.24, 2.45) is 0 Å². The second-order valence-electron chi connectivity index (χ2n) is 6.45. The number of hydrogen-bond donors (Lipinski definition) is 1. The van der Waals surface area contributed by atoms with Gasteiger partial charge in [0.15, 0.2) is 0 Å². The lowest BCUT2D eigenvalue weighted by atomic mass is 10.2. The zero-order chi connectivity index (χ0) is 19.6. The molecule has 0 aliphatic carbocycles. The molecule has 0 radical (unpaired) electrons. The number of nitrogens with one attached hydrogen (secondary N) is 1. The molecule has 7 nitrogen and oxygen atoms in total. The van der Waals surface area contributed by atoms with Gasteiger partial charge < -0.3 is 14.8 Å². The van der Waals surface area contributed by atoms with E-state index in [0.717, 1.165) is 5.56 Å². The van der Waals surface area contributed by atoms with Crippen LogP contribution in [0.3, 0.4) is 0 Å². The number of benzene rings is 1. The van der Waals surface area contributed by atoms with Gasteiger partial charge in [0.2, 0.25) is 11.9 Å². The van der Waals surface area contributed by atoms with E-state index >= 15 is 0 Å². The molecule has 0 unspecified atom stereocenters. The van der Waals surface area contributed by atoms with E-state index in [4.69, 9.17) is 0 Å². The molecule has 0 bridgehead atoms. The SMILES string of the molecule is Cc1ccc(F)cc1NC(=O)[C@H](C)n1ccnc1-c1cnc(N(C)C)nc1. The Morgan fingerprint density at radius 3 is 2.59 bits per heavy atom. The van der Waals surface area contributed by atoms with Crippen LogP contribution in [0.5, 0.6) is 0 Å². The molecule has 8 heteroatoms. The first kappa shape index (κ1) is 18.5. The Morgan fingerprint density at radius 1 is 1.22 bits per heavy atom. The van der Waals surface area contributed by atoms with Crippen molar-refractivity contribution in [3.05, 3.63) is 54.4 Å². The van der Waals surface area contributed by atoms with Gasteiger partial charge in [0.05, 0.1) is 5.56 Å². The van der Waals surface area contributed by atoms with Crippen molar-refractivity contribution >= 4 is 17.5 Å². The number of anilines is 2. The van der Waals surface area contributed by atoms with Crippen LogP contribution in [0.25, 0.3) is 11.4 Å². The summed E-state index contributed by atoms with van der Waals surface area (Å²) in [6, 6.07) is 3.74. The molecule has 0 fully saturated rings. The number of aryl methyl sites for hydroxylation is 1. The highest BCUT2D eigenvalue weighted by Crippen LogP contribution is 2.23. The highest BCUT2D eigenvalue weighted by molar-refractivity contribution is 5.94. The Balaban J connectivity index is 1.83. The number of nitrogens with zero attached hydrogens (tertiary/aromatic N) is 5. The average Bonchev–Trinajstić information content (AvgIpc) is 3.13. The number of aromatic nitrogens is 4. The van der Waals surface area contributed by atoms with Crippen LogP contribution in [-0.2, 0) is 4.79 Å². The Hall–Kier alpha value is -3.29. The summed E-state index contributed by atoms with van der Waals surface area (Å²) in [6.07, 6.45) is 6.68. The number of imidazole rings is 1. The average molecular weight is 368 g/mol. The first-order valence-corrected chi connectivity index (χ1v) is 8.46.